The highest BCUT2D eigenvalue weighted by Gasteiger charge is 2.57. The number of ketones is 1. The van der Waals surface area contributed by atoms with Crippen molar-refractivity contribution < 1.29 is 19.1 Å². The molecule has 0 N–H and O–H groups in total. The van der Waals surface area contributed by atoms with E-state index in [0.717, 1.165) is 16.7 Å². The van der Waals surface area contributed by atoms with Gasteiger partial charge >= 0.3 is 5.97 Å². The molecule has 3 aromatic rings. The summed E-state index contributed by atoms with van der Waals surface area (Å²) in [6.07, 6.45) is 1.63. The SMILES string of the molecule is CCOC(=O)C1(C=C(c2ccccc2)c2ccccc2)CN(Cc2ccccc2)C(=O)C1=O. The van der Waals surface area contributed by atoms with Gasteiger partial charge in [0.05, 0.1) is 6.61 Å². The van der Waals surface area contributed by atoms with Crippen LogP contribution in [0.2, 0.25) is 0 Å². The Hall–Kier alpha value is -3.99. The summed E-state index contributed by atoms with van der Waals surface area (Å²) in [7, 11) is 0. The van der Waals surface area contributed by atoms with Crippen molar-refractivity contribution in [3.8, 4) is 0 Å². The Labute approximate surface area is 193 Å². The molecule has 0 aliphatic carbocycles. The third-order valence-electron chi connectivity index (χ3n) is 5.74. The number of esters is 1. The zero-order valence-corrected chi connectivity index (χ0v) is 18.4. The van der Waals surface area contributed by atoms with E-state index in [0.29, 0.717) is 5.57 Å². The number of rotatable bonds is 7. The van der Waals surface area contributed by atoms with Crippen molar-refractivity contribution in [1.29, 1.82) is 0 Å². The summed E-state index contributed by atoms with van der Waals surface area (Å²) in [4.78, 5) is 41.1. The van der Waals surface area contributed by atoms with Gasteiger partial charge in [0.15, 0.2) is 5.41 Å². The number of hydrogen-bond donors (Lipinski definition) is 0. The van der Waals surface area contributed by atoms with E-state index in [9.17, 15) is 14.4 Å². The fourth-order valence-electron chi connectivity index (χ4n) is 4.11. The van der Waals surface area contributed by atoms with Crippen LogP contribution in [0.3, 0.4) is 0 Å². The van der Waals surface area contributed by atoms with Crippen molar-refractivity contribution in [3.63, 3.8) is 0 Å². The molecule has 1 fully saturated rings. The molecular formula is C28H25NO4. The third kappa shape index (κ3) is 4.48. The molecule has 0 saturated carbocycles. The molecule has 5 heteroatoms. The highest BCUT2D eigenvalue weighted by Crippen LogP contribution is 2.37. The first-order valence-corrected chi connectivity index (χ1v) is 10.9. The molecule has 1 saturated heterocycles. The molecule has 0 spiro atoms. The normalized spacial score (nSPS) is 17.7. The lowest BCUT2D eigenvalue weighted by atomic mass is 9.81. The first-order chi connectivity index (χ1) is 16.0. The van der Waals surface area contributed by atoms with Crippen LogP contribution < -0.4 is 0 Å². The van der Waals surface area contributed by atoms with E-state index in [1.165, 1.54) is 4.90 Å². The van der Waals surface area contributed by atoms with Crippen LogP contribution >= 0.6 is 0 Å². The maximum Gasteiger partial charge on any atom is 0.326 e. The number of carbonyl (C=O) groups is 3. The van der Waals surface area contributed by atoms with Gasteiger partial charge in [-0.15, -0.1) is 0 Å². The Morgan fingerprint density at radius 1 is 0.879 bits per heavy atom. The number of carbonyl (C=O) groups excluding carboxylic acids is 3. The predicted molar refractivity (Wildman–Crippen MR) is 126 cm³/mol. The summed E-state index contributed by atoms with van der Waals surface area (Å²) in [6, 6.07) is 28.5. The maximum atomic E-state index is 13.4. The average Bonchev–Trinajstić information content (AvgIpc) is 3.10. The van der Waals surface area contributed by atoms with Gasteiger partial charge in [-0.25, -0.2) is 0 Å². The van der Waals surface area contributed by atoms with Crippen molar-refractivity contribution in [2.24, 2.45) is 5.41 Å². The van der Waals surface area contributed by atoms with E-state index in [1.807, 2.05) is 91.0 Å². The second-order valence-corrected chi connectivity index (χ2v) is 7.96. The molecule has 1 aliphatic heterocycles. The second kappa shape index (κ2) is 9.65. The number of nitrogens with zero attached hydrogens (tertiary/aromatic N) is 1. The number of ether oxygens (including phenoxy) is 1. The molecule has 1 atom stereocenters. The van der Waals surface area contributed by atoms with E-state index < -0.39 is 23.1 Å². The minimum atomic E-state index is -1.72. The van der Waals surface area contributed by atoms with Gasteiger partial charge < -0.3 is 9.64 Å². The monoisotopic (exact) mass is 439 g/mol. The molecule has 4 rings (SSSR count). The first-order valence-electron chi connectivity index (χ1n) is 10.9. The van der Waals surface area contributed by atoms with E-state index in [-0.39, 0.29) is 19.7 Å². The number of likely N-dealkylation sites (tertiary alicyclic amines) is 1. The minimum Gasteiger partial charge on any atom is -0.465 e. The molecule has 1 unspecified atom stereocenters. The van der Waals surface area contributed by atoms with Crippen molar-refractivity contribution in [3.05, 3.63) is 114 Å². The third-order valence-corrected chi connectivity index (χ3v) is 5.74. The first kappa shape index (κ1) is 22.2. The second-order valence-electron chi connectivity index (χ2n) is 7.96. The standard InChI is InChI=1S/C28H25NO4/c1-2-33-27(32)28(20-29(26(31)25(28)30)19-21-12-6-3-7-13-21)18-24(22-14-8-4-9-15-22)23-16-10-5-11-17-23/h3-18H,2,19-20H2,1H3. The van der Waals surface area contributed by atoms with Crippen LogP contribution in [0.25, 0.3) is 5.57 Å². The van der Waals surface area contributed by atoms with Crippen molar-refractivity contribution in [2.45, 2.75) is 13.5 Å². The molecule has 0 radical (unpaired) electrons. The van der Waals surface area contributed by atoms with E-state index >= 15 is 0 Å². The smallest absolute Gasteiger partial charge is 0.326 e. The predicted octanol–water partition coefficient (Wildman–Crippen LogP) is 4.28. The quantitative estimate of drug-likeness (QED) is 0.313. The van der Waals surface area contributed by atoms with Gasteiger partial charge in [-0.05, 0) is 35.3 Å². The summed E-state index contributed by atoms with van der Waals surface area (Å²) in [5.41, 5.74) is 1.55. The summed E-state index contributed by atoms with van der Waals surface area (Å²) in [6.45, 7) is 1.97. The van der Waals surface area contributed by atoms with Crippen molar-refractivity contribution in [1.82, 2.24) is 4.90 Å². The molecule has 1 heterocycles. The number of benzene rings is 3. The number of amides is 1. The van der Waals surface area contributed by atoms with Gasteiger partial charge in [-0.3, -0.25) is 14.4 Å². The summed E-state index contributed by atoms with van der Waals surface area (Å²) in [5, 5.41) is 0. The van der Waals surface area contributed by atoms with Crippen LogP contribution in [0.4, 0.5) is 0 Å². The minimum absolute atomic E-state index is 0.0679. The maximum absolute atomic E-state index is 13.4. The fourth-order valence-corrected chi connectivity index (χ4v) is 4.11. The van der Waals surface area contributed by atoms with Crippen LogP contribution in [0.5, 0.6) is 0 Å². The lowest BCUT2D eigenvalue weighted by Crippen LogP contribution is -2.40. The Morgan fingerprint density at radius 3 is 1.91 bits per heavy atom. The van der Waals surface area contributed by atoms with E-state index in [1.54, 1.807) is 13.0 Å². The van der Waals surface area contributed by atoms with Crippen LogP contribution in [0.1, 0.15) is 23.6 Å². The molecule has 1 amide bonds. The summed E-state index contributed by atoms with van der Waals surface area (Å²) in [5.74, 6) is -2.15. The largest absolute Gasteiger partial charge is 0.465 e. The number of Topliss-reactive ketones (excluding diaryl/α,β-unsaturated/α-hetero) is 1. The molecule has 0 bridgehead atoms. The van der Waals surface area contributed by atoms with Gasteiger partial charge in [-0.1, -0.05) is 91.0 Å². The molecule has 33 heavy (non-hydrogen) atoms. The van der Waals surface area contributed by atoms with Crippen LogP contribution in [0, 0.1) is 5.41 Å². The zero-order valence-electron chi connectivity index (χ0n) is 18.4. The highest BCUT2D eigenvalue weighted by molar-refractivity contribution is 6.45. The highest BCUT2D eigenvalue weighted by atomic mass is 16.5. The Balaban J connectivity index is 1.83. The van der Waals surface area contributed by atoms with Crippen molar-refractivity contribution in [2.75, 3.05) is 13.2 Å². The molecule has 0 aromatic heterocycles. The van der Waals surface area contributed by atoms with Gasteiger partial charge in [0.25, 0.3) is 5.91 Å². The molecule has 5 nitrogen and oxygen atoms in total. The van der Waals surface area contributed by atoms with Gasteiger partial charge in [0.2, 0.25) is 5.78 Å². The molecular weight excluding hydrogens is 414 g/mol. The fraction of sp³-hybridized carbons (Fsp3) is 0.179. The van der Waals surface area contributed by atoms with Crippen LogP contribution in [-0.2, 0) is 25.7 Å². The topological polar surface area (TPSA) is 63.7 Å². The van der Waals surface area contributed by atoms with E-state index in [4.69, 9.17) is 4.74 Å². The summed E-state index contributed by atoms with van der Waals surface area (Å²) >= 11 is 0. The van der Waals surface area contributed by atoms with Crippen LogP contribution in [-0.4, -0.2) is 35.7 Å². The van der Waals surface area contributed by atoms with Gasteiger partial charge in [-0.2, -0.15) is 0 Å². The molecule has 166 valence electrons. The van der Waals surface area contributed by atoms with Gasteiger partial charge in [0, 0.05) is 13.1 Å². The molecule has 3 aromatic carbocycles. The number of hydrogen-bond acceptors (Lipinski definition) is 4. The Morgan fingerprint density at radius 2 is 1.39 bits per heavy atom. The lowest BCUT2D eigenvalue weighted by Gasteiger charge is -2.24. The average molecular weight is 440 g/mol. The Kier molecular flexibility index (Phi) is 6.50. The molecule has 1 aliphatic rings. The lowest BCUT2D eigenvalue weighted by molar-refractivity contribution is -0.156. The van der Waals surface area contributed by atoms with Crippen LogP contribution in [0.15, 0.2) is 97.1 Å². The zero-order chi connectivity index (χ0) is 23.3. The summed E-state index contributed by atoms with van der Waals surface area (Å²) < 4.78 is 5.34. The Bertz CT molecular complexity index is 1130. The van der Waals surface area contributed by atoms with E-state index in [2.05, 4.69) is 0 Å². The van der Waals surface area contributed by atoms with Gasteiger partial charge in [0.1, 0.15) is 0 Å². The van der Waals surface area contributed by atoms with Crippen molar-refractivity contribution >= 4 is 23.2 Å².